The molecule has 0 radical (unpaired) electrons. The molecule has 0 atom stereocenters. The van der Waals surface area contributed by atoms with Crippen molar-refractivity contribution < 1.29 is 13.2 Å². The van der Waals surface area contributed by atoms with Gasteiger partial charge in [0.05, 0.1) is 11.3 Å². The molecule has 0 aliphatic rings. The summed E-state index contributed by atoms with van der Waals surface area (Å²) < 4.78 is 27.1. The van der Waals surface area contributed by atoms with E-state index in [-0.39, 0.29) is 22.3 Å². The molecule has 0 saturated heterocycles. The Bertz CT molecular complexity index is 956. The molecule has 2 aromatic rings. The van der Waals surface area contributed by atoms with Gasteiger partial charge in [-0.1, -0.05) is 37.6 Å². The number of hydrogen-bond acceptors (Lipinski definition) is 4. The van der Waals surface area contributed by atoms with Gasteiger partial charge in [0.25, 0.3) is 0 Å². The van der Waals surface area contributed by atoms with Gasteiger partial charge in [0.1, 0.15) is 0 Å². The van der Waals surface area contributed by atoms with Crippen molar-refractivity contribution in [1.82, 2.24) is 9.62 Å². The minimum Gasteiger partial charge on any atom is -0.332 e. The molecule has 6 nitrogen and oxygen atoms in total. The van der Waals surface area contributed by atoms with E-state index in [9.17, 15) is 13.2 Å². The van der Waals surface area contributed by atoms with Crippen LogP contribution in [0.4, 0.5) is 5.69 Å². The summed E-state index contributed by atoms with van der Waals surface area (Å²) in [6, 6.07) is 13.3. The summed E-state index contributed by atoms with van der Waals surface area (Å²) in [6.07, 6.45) is 1.67. The molecule has 0 aromatic heterocycles. The average molecular weight is 468 g/mol. The molecule has 9 heteroatoms. The smallest absolute Gasteiger partial charge is 0.243 e. The number of carbonyl (C=O) groups excluding carboxylic acids is 1. The highest BCUT2D eigenvalue weighted by Gasteiger charge is 2.22. The largest absolute Gasteiger partial charge is 0.332 e. The minimum absolute atomic E-state index is 0.142. The molecular formula is C21H26ClN3O3S2. The summed E-state index contributed by atoms with van der Waals surface area (Å²) in [7, 11) is -3.53. The summed E-state index contributed by atoms with van der Waals surface area (Å²) in [5.41, 5.74) is 1.40. The lowest BCUT2D eigenvalue weighted by Gasteiger charge is -2.21. The number of amides is 1. The van der Waals surface area contributed by atoms with Gasteiger partial charge in [0, 0.05) is 23.8 Å². The normalized spacial score (nSPS) is 11.3. The van der Waals surface area contributed by atoms with E-state index in [1.807, 2.05) is 13.8 Å². The molecule has 2 rings (SSSR count). The predicted octanol–water partition coefficient (Wildman–Crippen LogP) is 4.21. The summed E-state index contributed by atoms with van der Waals surface area (Å²) in [4.78, 5) is 12.4. The van der Waals surface area contributed by atoms with Crippen LogP contribution in [-0.2, 0) is 21.2 Å². The Morgan fingerprint density at radius 2 is 1.57 bits per heavy atom. The molecule has 162 valence electrons. The van der Waals surface area contributed by atoms with E-state index in [2.05, 4.69) is 10.6 Å². The van der Waals surface area contributed by atoms with Crippen LogP contribution in [0.25, 0.3) is 0 Å². The quantitative estimate of drug-likeness (QED) is 0.540. The Morgan fingerprint density at radius 3 is 2.10 bits per heavy atom. The molecule has 0 aliphatic carbocycles. The number of nitrogens with one attached hydrogen (secondary N) is 2. The maximum absolute atomic E-state index is 12.8. The molecule has 2 N–H and O–H groups in total. The van der Waals surface area contributed by atoms with Crippen LogP contribution >= 0.6 is 23.8 Å². The minimum atomic E-state index is -3.53. The molecule has 0 saturated carbocycles. The molecular weight excluding hydrogens is 442 g/mol. The van der Waals surface area contributed by atoms with Crippen molar-refractivity contribution in [3.8, 4) is 0 Å². The van der Waals surface area contributed by atoms with Gasteiger partial charge in [-0.2, -0.15) is 4.31 Å². The van der Waals surface area contributed by atoms with E-state index in [0.29, 0.717) is 23.8 Å². The second kappa shape index (κ2) is 11.4. The standard InChI is InChI=1S/C21H26ClN3O3S2/c1-3-13-25(14-4-2)30(27,28)19-11-9-18(10-12-19)23-21(29)24-20(26)15-16-5-7-17(22)8-6-16/h5-12H,3-4,13-15H2,1-2H3,(H2,23,24,26,29). The van der Waals surface area contributed by atoms with Gasteiger partial charge in [0.15, 0.2) is 5.11 Å². The van der Waals surface area contributed by atoms with E-state index in [1.54, 1.807) is 36.4 Å². The maximum Gasteiger partial charge on any atom is 0.243 e. The Balaban J connectivity index is 1.96. The molecule has 0 aliphatic heterocycles. The zero-order valence-corrected chi connectivity index (χ0v) is 19.4. The third-order valence-corrected chi connectivity index (χ3v) is 6.60. The fourth-order valence-corrected chi connectivity index (χ4v) is 4.81. The van der Waals surface area contributed by atoms with Gasteiger partial charge in [-0.25, -0.2) is 8.42 Å². The van der Waals surface area contributed by atoms with E-state index < -0.39 is 10.0 Å². The molecule has 0 unspecified atom stereocenters. The number of rotatable bonds is 9. The first kappa shape index (κ1) is 24.3. The number of carbonyl (C=O) groups is 1. The predicted molar refractivity (Wildman–Crippen MR) is 125 cm³/mol. The highest BCUT2D eigenvalue weighted by molar-refractivity contribution is 7.89. The Kier molecular flexibility index (Phi) is 9.23. The van der Waals surface area contributed by atoms with Gasteiger partial charge >= 0.3 is 0 Å². The van der Waals surface area contributed by atoms with Crippen LogP contribution in [0.3, 0.4) is 0 Å². The Morgan fingerprint density at radius 1 is 1.00 bits per heavy atom. The highest BCUT2D eigenvalue weighted by Crippen LogP contribution is 2.19. The Labute approximate surface area is 188 Å². The van der Waals surface area contributed by atoms with Crippen molar-refractivity contribution in [2.24, 2.45) is 0 Å². The average Bonchev–Trinajstić information content (AvgIpc) is 2.70. The molecule has 30 heavy (non-hydrogen) atoms. The van der Waals surface area contributed by atoms with Crippen molar-refractivity contribution in [2.75, 3.05) is 18.4 Å². The molecule has 0 bridgehead atoms. The number of benzene rings is 2. The van der Waals surface area contributed by atoms with Gasteiger partial charge in [-0.3, -0.25) is 4.79 Å². The van der Waals surface area contributed by atoms with Crippen molar-refractivity contribution in [2.45, 2.75) is 38.0 Å². The second-order valence-corrected chi connectivity index (χ2v) is 9.52. The lowest BCUT2D eigenvalue weighted by atomic mass is 10.1. The lowest BCUT2D eigenvalue weighted by Crippen LogP contribution is -2.35. The second-order valence-electron chi connectivity index (χ2n) is 6.73. The molecule has 2 aromatic carbocycles. The lowest BCUT2D eigenvalue weighted by molar-refractivity contribution is -0.119. The number of hydrogen-bond donors (Lipinski definition) is 2. The van der Waals surface area contributed by atoms with E-state index in [1.165, 1.54) is 16.4 Å². The molecule has 0 spiro atoms. The third-order valence-electron chi connectivity index (χ3n) is 4.23. The van der Waals surface area contributed by atoms with Crippen LogP contribution in [0, 0.1) is 0 Å². The topological polar surface area (TPSA) is 78.5 Å². The SMILES string of the molecule is CCCN(CCC)S(=O)(=O)c1ccc(NC(=S)NC(=O)Cc2ccc(Cl)cc2)cc1. The molecule has 1 amide bonds. The van der Waals surface area contributed by atoms with Gasteiger partial charge < -0.3 is 10.6 Å². The fraction of sp³-hybridized carbons (Fsp3) is 0.333. The zero-order chi connectivity index (χ0) is 22.1. The van der Waals surface area contributed by atoms with Crippen LogP contribution in [0.2, 0.25) is 5.02 Å². The van der Waals surface area contributed by atoms with Crippen molar-refractivity contribution in [3.05, 3.63) is 59.1 Å². The third kappa shape index (κ3) is 7.05. The van der Waals surface area contributed by atoms with Crippen LogP contribution in [0.5, 0.6) is 0 Å². The van der Waals surface area contributed by atoms with Crippen LogP contribution < -0.4 is 10.6 Å². The number of nitrogens with zero attached hydrogens (tertiary/aromatic N) is 1. The van der Waals surface area contributed by atoms with Gasteiger partial charge in [-0.05, 0) is 67.0 Å². The van der Waals surface area contributed by atoms with Gasteiger partial charge in [-0.15, -0.1) is 0 Å². The van der Waals surface area contributed by atoms with Crippen molar-refractivity contribution in [1.29, 1.82) is 0 Å². The van der Waals surface area contributed by atoms with E-state index in [4.69, 9.17) is 23.8 Å². The maximum atomic E-state index is 12.8. The number of sulfonamides is 1. The first-order valence-corrected chi connectivity index (χ1v) is 11.9. The number of halogens is 1. The van der Waals surface area contributed by atoms with Crippen LogP contribution in [-0.4, -0.2) is 36.8 Å². The first-order chi connectivity index (χ1) is 14.3. The Hall–Kier alpha value is -2.00. The summed E-state index contributed by atoms with van der Waals surface area (Å²) >= 11 is 11.0. The van der Waals surface area contributed by atoms with Crippen LogP contribution in [0.15, 0.2) is 53.4 Å². The molecule has 0 fully saturated rings. The number of anilines is 1. The van der Waals surface area contributed by atoms with Gasteiger partial charge in [0.2, 0.25) is 15.9 Å². The van der Waals surface area contributed by atoms with E-state index >= 15 is 0 Å². The first-order valence-electron chi connectivity index (χ1n) is 9.71. The van der Waals surface area contributed by atoms with Crippen molar-refractivity contribution in [3.63, 3.8) is 0 Å². The summed E-state index contributed by atoms with van der Waals surface area (Å²) in [5.74, 6) is -0.260. The summed E-state index contributed by atoms with van der Waals surface area (Å²) in [6.45, 7) is 4.88. The molecule has 0 heterocycles. The highest BCUT2D eigenvalue weighted by atomic mass is 35.5. The fourth-order valence-electron chi connectivity index (χ4n) is 2.83. The summed E-state index contributed by atoms with van der Waals surface area (Å²) in [5, 5.41) is 6.25. The van der Waals surface area contributed by atoms with E-state index in [0.717, 1.165) is 18.4 Å². The monoisotopic (exact) mass is 467 g/mol. The zero-order valence-electron chi connectivity index (χ0n) is 17.0. The number of thiocarbonyl (C=S) groups is 1. The van der Waals surface area contributed by atoms with Crippen LogP contribution in [0.1, 0.15) is 32.3 Å². The van der Waals surface area contributed by atoms with Crippen molar-refractivity contribution >= 4 is 50.5 Å².